The molecule has 17 heavy (non-hydrogen) atoms. The molecule has 0 saturated heterocycles. The van der Waals surface area contributed by atoms with E-state index in [1.54, 1.807) is 0 Å². The molecule has 2 aromatic rings. The number of rotatable bonds is 5. The van der Waals surface area contributed by atoms with Gasteiger partial charge in [-0.25, -0.2) is 0 Å². The van der Waals surface area contributed by atoms with E-state index in [4.69, 9.17) is 4.42 Å². The Kier molecular flexibility index (Phi) is 2.73. The van der Waals surface area contributed by atoms with Gasteiger partial charge in [0, 0.05) is 12.2 Å². The minimum Gasteiger partial charge on any atom is -0.463 e. The molecule has 4 nitrogen and oxygen atoms in total. The zero-order valence-corrected chi connectivity index (χ0v) is 10.0. The molecule has 3 rings (SSSR count). The van der Waals surface area contributed by atoms with Crippen LogP contribution < -0.4 is 5.32 Å². The number of nitrogens with zero attached hydrogens (tertiary/aromatic N) is 2. The van der Waals surface area contributed by atoms with E-state index in [1.165, 1.54) is 18.4 Å². The van der Waals surface area contributed by atoms with Crippen LogP contribution in [0.5, 0.6) is 0 Å². The predicted molar refractivity (Wildman–Crippen MR) is 64.6 cm³/mol. The first-order valence-corrected chi connectivity index (χ1v) is 6.09. The topological polar surface area (TPSA) is 43.0 Å². The summed E-state index contributed by atoms with van der Waals surface area (Å²) in [5.41, 5.74) is 1.17. The van der Waals surface area contributed by atoms with Gasteiger partial charge in [-0.05, 0) is 37.5 Å². The highest BCUT2D eigenvalue weighted by atomic mass is 16.3. The average Bonchev–Trinajstić information content (AvgIpc) is 2.90. The van der Waals surface area contributed by atoms with Crippen LogP contribution in [0.15, 0.2) is 28.9 Å². The molecule has 1 aliphatic rings. The lowest BCUT2D eigenvalue weighted by Crippen LogP contribution is -2.14. The molecule has 0 spiro atoms. The van der Waals surface area contributed by atoms with Crippen molar-refractivity contribution < 1.29 is 4.42 Å². The number of aryl methyl sites for hydroxylation is 1. The fraction of sp³-hybridized carbons (Fsp3) is 0.462. The molecule has 1 saturated carbocycles. The van der Waals surface area contributed by atoms with E-state index in [0.29, 0.717) is 6.54 Å². The van der Waals surface area contributed by atoms with Crippen LogP contribution in [0.25, 0.3) is 0 Å². The van der Waals surface area contributed by atoms with Crippen LogP contribution >= 0.6 is 0 Å². The molecule has 90 valence electrons. The van der Waals surface area contributed by atoms with Crippen LogP contribution in [0, 0.1) is 6.92 Å². The van der Waals surface area contributed by atoms with Crippen molar-refractivity contribution in [3.63, 3.8) is 0 Å². The second-order valence-electron chi connectivity index (χ2n) is 4.74. The summed E-state index contributed by atoms with van der Waals surface area (Å²) in [6.45, 7) is 3.58. The third kappa shape index (κ3) is 2.77. The van der Waals surface area contributed by atoms with Gasteiger partial charge in [0.05, 0.1) is 19.3 Å². The Morgan fingerprint density at radius 3 is 2.94 bits per heavy atom. The largest absolute Gasteiger partial charge is 0.463 e. The maximum atomic E-state index is 5.75. The quantitative estimate of drug-likeness (QED) is 0.856. The van der Waals surface area contributed by atoms with Gasteiger partial charge in [-0.2, -0.15) is 5.10 Å². The average molecular weight is 231 g/mol. The van der Waals surface area contributed by atoms with E-state index >= 15 is 0 Å². The summed E-state index contributed by atoms with van der Waals surface area (Å²) in [4.78, 5) is 0. The smallest absolute Gasteiger partial charge is 0.125 e. The molecule has 1 aliphatic carbocycles. The molecule has 0 unspecified atom stereocenters. The molecular formula is C13H17N3O. The van der Waals surface area contributed by atoms with Gasteiger partial charge in [-0.1, -0.05) is 0 Å². The van der Waals surface area contributed by atoms with Gasteiger partial charge in [-0.15, -0.1) is 0 Å². The molecule has 0 amide bonds. The minimum atomic E-state index is 0.706. The van der Waals surface area contributed by atoms with Gasteiger partial charge in [0.15, 0.2) is 0 Å². The van der Waals surface area contributed by atoms with Gasteiger partial charge in [0.2, 0.25) is 0 Å². The summed E-state index contributed by atoms with van der Waals surface area (Å²) in [7, 11) is 0. The molecule has 0 aliphatic heterocycles. The third-order valence-corrected chi connectivity index (χ3v) is 2.94. The van der Waals surface area contributed by atoms with E-state index < -0.39 is 0 Å². The number of hydrogen-bond acceptors (Lipinski definition) is 3. The summed E-state index contributed by atoms with van der Waals surface area (Å²) >= 11 is 0. The van der Waals surface area contributed by atoms with Crippen LogP contribution in [0.1, 0.15) is 29.9 Å². The normalized spacial score (nSPS) is 15.4. The zero-order chi connectivity index (χ0) is 11.7. The van der Waals surface area contributed by atoms with Crippen molar-refractivity contribution in [2.45, 2.75) is 38.9 Å². The molecule has 4 heteroatoms. The van der Waals surface area contributed by atoms with E-state index in [1.807, 2.05) is 36.1 Å². The molecule has 1 N–H and O–H groups in total. The van der Waals surface area contributed by atoms with Crippen LogP contribution in [-0.4, -0.2) is 15.8 Å². The second kappa shape index (κ2) is 4.37. The second-order valence-corrected chi connectivity index (χ2v) is 4.74. The van der Waals surface area contributed by atoms with E-state index in [0.717, 1.165) is 24.1 Å². The highest BCUT2D eigenvalue weighted by molar-refractivity contribution is 5.09. The Bertz CT molecular complexity index is 496. The maximum absolute atomic E-state index is 5.75. The lowest BCUT2D eigenvalue weighted by atomic mass is 10.4. The first-order valence-electron chi connectivity index (χ1n) is 6.09. The monoisotopic (exact) mass is 231 g/mol. The van der Waals surface area contributed by atoms with Gasteiger partial charge in [0.25, 0.3) is 0 Å². The van der Waals surface area contributed by atoms with Crippen molar-refractivity contribution in [1.29, 1.82) is 0 Å². The number of nitrogens with one attached hydrogen (secondary N) is 1. The van der Waals surface area contributed by atoms with Gasteiger partial charge in [-0.3, -0.25) is 4.68 Å². The summed E-state index contributed by atoms with van der Waals surface area (Å²) in [5.74, 6) is 1.97. The first-order chi connectivity index (χ1) is 8.29. The summed E-state index contributed by atoms with van der Waals surface area (Å²) < 4.78 is 7.65. The predicted octanol–water partition coefficient (Wildman–Crippen LogP) is 2.08. The highest BCUT2D eigenvalue weighted by Gasteiger charge is 2.20. The summed E-state index contributed by atoms with van der Waals surface area (Å²) in [5, 5.41) is 7.68. The van der Waals surface area contributed by atoms with Crippen molar-refractivity contribution >= 4 is 0 Å². The standard InChI is InChI=1S/C13H17N3O/c1-10-6-15-16(8-10)9-13-5-4-12(17-13)7-14-11-2-3-11/h4-6,8,11,14H,2-3,7,9H2,1H3. The van der Waals surface area contributed by atoms with E-state index in [2.05, 4.69) is 10.4 Å². The van der Waals surface area contributed by atoms with Gasteiger partial charge in [0.1, 0.15) is 11.5 Å². The van der Waals surface area contributed by atoms with Crippen LogP contribution in [0.2, 0.25) is 0 Å². The SMILES string of the molecule is Cc1cnn(Cc2ccc(CNC3CC3)o2)c1. The Morgan fingerprint density at radius 1 is 1.41 bits per heavy atom. The molecule has 2 aromatic heterocycles. The first kappa shape index (κ1) is 10.6. The number of hydrogen-bond donors (Lipinski definition) is 1. The summed E-state index contributed by atoms with van der Waals surface area (Å²) in [6, 6.07) is 4.79. The number of aromatic nitrogens is 2. The van der Waals surface area contributed by atoms with E-state index in [9.17, 15) is 0 Å². The highest BCUT2D eigenvalue weighted by Crippen LogP contribution is 2.19. The van der Waals surface area contributed by atoms with Crippen LogP contribution in [0.3, 0.4) is 0 Å². The van der Waals surface area contributed by atoms with Crippen molar-refractivity contribution in [3.8, 4) is 0 Å². The molecular weight excluding hydrogens is 214 g/mol. The molecule has 0 bridgehead atoms. The van der Waals surface area contributed by atoms with Crippen molar-refractivity contribution in [1.82, 2.24) is 15.1 Å². The number of furan rings is 1. The van der Waals surface area contributed by atoms with Crippen molar-refractivity contribution in [2.24, 2.45) is 0 Å². The molecule has 0 aromatic carbocycles. The third-order valence-electron chi connectivity index (χ3n) is 2.94. The lowest BCUT2D eigenvalue weighted by molar-refractivity contribution is 0.429. The summed E-state index contributed by atoms with van der Waals surface area (Å²) in [6.07, 6.45) is 6.49. The molecule has 1 fully saturated rings. The molecule has 0 atom stereocenters. The van der Waals surface area contributed by atoms with Crippen LogP contribution in [-0.2, 0) is 13.1 Å². The van der Waals surface area contributed by atoms with Gasteiger partial charge < -0.3 is 9.73 Å². The Balaban J connectivity index is 1.59. The zero-order valence-electron chi connectivity index (χ0n) is 10.0. The molecule has 0 radical (unpaired) electrons. The fourth-order valence-electron chi connectivity index (χ4n) is 1.85. The molecule has 2 heterocycles. The maximum Gasteiger partial charge on any atom is 0.125 e. The lowest BCUT2D eigenvalue weighted by Gasteiger charge is -1.99. The Morgan fingerprint density at radius 2 is 2.24 bits per heavy atom. The minimum absolute atomic E-state index is 0.706. The fourth-order valence-corrected chi connectivity index (χ4v) is 1.85. The Labute approximate surface area is 101 Å². The van der Waals surface area contributed by atoms with Crippen molar-refractivity contribution in [2.75, 3.05) is 0 Å². The van der Waals surface area contributed by atoms with E-state index in [-0.39, 0.29) is 0 Å². The van der Waals surface area contributed by atoms with Crippen LogP contribution in [0.4, 0.5) is 0 Å². The van der Waals surface area contributed by atoms with Gasteiger partial charge >= 0.3 is 0 Å². The van der Waals surface area contributed by atoms with Crippen molar-refractivity contribution in [3.05, 3.63) is 41.6 Å². The Hall–Kier alpha value is -1.55.